The van der Waals surface area contributed by atoms with Crippen molar-refractivity contribution in [3.8, 4) is 11.5 Å². The topological polar surface area (TPSA) is 47.6 Å². The Kier molecular flexibility index (Phi) is 4.82. The first-order valence-electron chi connectivity index (χ1n) is 6.80. The highest BCUT2D eigenvalue weighted by Crippen LogP contribution is 2.31. The van der Waals surface area contributed by atoms with Crippen LogP contribution in [-0.2, 0) is 6.42 Å². The van der Waals surface area contributed by atoms with Crippen LogP contribution < -0.4 is 14.8 Å². The summed E-state index contributed by atoms with van der Waals surface area (Å²) in [6.45, 7) is 2.00. The highest BCUT2D eigenvalue weighted by atomic mass is 16.5. The van der Waals surface area contributed by atoms with Crippen LogP contribution in [0.2, 0.25) is 0 Å². The van der Waals surface area contributed by atoms with Crippen molar-refractivity contribution in [1.82, 2.24) is 0 Å². The Balaban J connectivity index is 2.35. The number of nitrogens with one attached hydrogen (secondary N) is 1. The second-order valence-corrected chi connectivity index (χ2v) is 4.54. The van der Waals surface area contributed by atoms with Crippen LogP contribution in [0.15, 0.2) is 42.5 Å². The molecule has 110 valence electrons. The lowest BCUT2D eigenvalue weighted by atomic mass is 10.0. The van der Waals surface area contributed by atoms with Gasteiger partial charge in [-0.25, -0.2) is 0 Å². The van der Waals surface area contributed by atoms with E-state index < -0.39 is 0 Å². The Labute approximate surface area is 124 Å². The van der Waals surface area contributed by atoms with Crippen molar-refractivity contribution in [1.29, 1.82) is 0 Å². The van der Waals surface area contributed by atoms with E-state index in [-0.39, 0.29) is 5.91 Å². The number of rotatable bonds is 5. The predicted octanol–water partition coefficient (Wildman–Crippen LogP) is 3.52. The first-order valence-corrected chi connectivity index (χ1v) is 6.80. The number of hydrogen-bond donors (Lipinski definition) is 1. The molecule has 0 heterocycles. The minimum atomic E-state index is -0.154. The second kappa shape index (κ2) is 6.79. The zero-order valence-corrected chi connectivity index (χ0v) is 12.5. The molecule has 2 rings (SSSR count). The van der Waals surface area contributed by atoms with E-state index in [1.807, 2.05) is 43.3 Å². The Hall–Kier alpha value is -2.49. The van der Waals surface area contributed by atoms with Crippen LogP contribution >= 0.6 is 0 Å². The van der Waals surface area contributed by atoms with Crippen LogP contribution in [0, 0.1) is 0 Å². The average Bonchev–Trinajstić information content (AvgIpc) is 2.54. The summed E-state index contributed by atoms with van der Waals surface area (Å²) in [5, 5.41) is 2.89. The normalized spacial score (nSPS) is 10.0. The van der Waals surface area contributed by atoms with Gasteiger partial charge in [-0.15, -0.1) is 0 Å². The number of carbonyl (C=O) groups is 1. The van der Waals surface area contributed by atoms with Gasteiger partial charge < -0.3 is 14.8 Å². The molecule has 2 aromatic rings. The number of amides is 1. The van der Waals surface area contributed by atoms with Crippen molar-refractivity contribution in [2.45, 2.75) is 13.3 Å². The monoisotopic (exact) mass is 285 g/mol. The first kappa shape index (κ1) is 14.9. The van der Waals surface area contributed by atoms with Crippen LogP contribution in [-0.4, -0.2) is 20.1 Å². The third-order valence-electron chi connectivity index (χ3n) is 3.27. The van der Waals surface area contributed by atoms with E-state index in [2.05, 4.69) is 5.32 Å². The van der Waals surface area contributed by atoms with Crippen molar-refractivity contribution in [2.24, 2.45) is 0 Å². The molecule has 21 heavy (non-hydrogen) atoms. The molecule has 0 aliphatic rings. The average molecular weight is 285 g/mol. The Morgan fingerprint density at radius 2 is 1.67 bits per heavy atom. The Morgan fingerprint density at radius 3 is 2.24 bits per heavy atom. The largest absolute Gasteiger partial charge is 0.493 e. The summed E-state index contributed by atoms with van der Waals surface area (Å²) in [5.74, 6) is 1.03. The molecule has 0 fully saturated rings. The maximum atomic E-state index is 12.5. The molecule has 0 radical (unpaired) electrons. The van der Waals surface area contributed by atoms with E-state index in [1.165, 1.54) is 0 Å². The molecule has 0 aliphatic carbocycles. The molecule has 0 aliphatic heterocycles. The molecule has 0 saturated carbocycles. The van der Waals surface area contributed by atoms with Crippen LogP contribution in [0.25, 0.3) is 0 Å². The zero-order valence-electron chi connectivity index (χ0n) is 12.5. The number of methoxy groups -OCH3 is 2. The highest BCUT2D eigenvalue weighted by molar-refractivity contribution is 6.05. The number of carbonyl (C=O) groups excluding carboxylic acids is 1. The summed E-state index contributed by atoms with van der Waals surface area (Å²) in [4.78, 5) is 12.5. The van der Waals surface area contributed by atoms with Gasteiger partial charge in [-0.1, -0.05) is 25.1 Å². The van der Waals surface area contributed by atoms with Gasteiger partial charge in [0.2, 0.25) is 0 Å². The zero-order chi connectivity index (χ0) is 15.2. The number of hydrogen-bond acceptors (Lipinski definition) is 3. The van der Waals surface area contributed by atoms with Gasteiger partial charge in [-0.2, -0.15) is 0 Å². The summed E-state index contributed by atoms with van der Waals surface area (Å²) in [7, 11) is 3.14. The second-order valence-electron chi connectivity index (χ2n) is 4.54. The van der Waals surface area contributed by atoms with Crippen LogP contribution in [0.5, 0.6) is 11.5 Å². The van der Waals surface area contributed by atoms with Crippen molar-refractivity contribution in [3.05, 3.63) is 53.6 Å². The first-order chi connectivity index (χ1) is 10.2. The third-order valence-corrected chi connectivity index (χ3v) is 3.27. The molecule has 0 saturated heterocycles. The number of aryl methyl sites for hydroxylation is 1. The van der Waals surface area contributed by atoms with Crippen molar-refractivity contribution in [3.63, 3.8) is 0 Å². The lowest BCUT2D eigenvalue weighted by Gasteiger charge is -2.14. The minimum Gasteiger partial charge on any atom is -0.493 e. The van der Waals surface area contributed by atoms with E-state index in [1.54, 1.807) is 20.3 Å². The number of para-hydroxylation sites is 1. The van der Waals surface area contributed by atoms with Gasteiger partial charge in [0, 0.05) is 11.3 Å². The molecular weight excluding hydrogens is 266 g/mol. The molecule has 4 heteroatoms. The SMILES string of the molecule is CCc1cc(OC)c(OC)cc1C(=O)Nc1ccccc1. The Morgan fingerprint density at radius 1 is 1.05 bits per heavy atom. The van der Waals surface area contributed by atoms with Crippen LogP contribution in [0.1, 0.15) is 22.8 Å². The molecule has 0 atom stereocenters. The minimum absolute atomic E-state index is 0.154. The molecule has 0 aromatic heterocycles. The van der Waals surface area contributed by atoms with Gasteiger partial charge in [0.25, 0.3) is 5.91 Å². The van der Waals surface area contributed by atoms with E-state index in [0.29, 0.717) is 17.1 Å². The van der Waals surface area contributed by atoms with Gasteiger partial charge >= 0.3 is 0 Å². The Bertz CT molecular complexity index is 623. The molecular formula is C17H19NO3. The van der Waals surface area contributed by atoms with Crippen LogP contribution in [0.3, 0.4) is 0 Å². The van der Waals surface area contributed by atoms with Gasteiger partial charge in [0.05, 0.1) is 14.2 Å². The smallest absolute Gasteiger partial charge is 0.256 e. The van der Waals surface area contributed by atoms with Gasteiger partial charge in [0.15, 0.2) is 11.5 Å². The number of benzene rings is 2. The van der Waals surface area contributed by atoms with Gasteiger partial charge in [-0.3, -0.25) is 4.79 Å². The summed E-state index contributed by atoms with van der Waals surface area (Å²) in [6.07, 6.45) is 0.734. The molecule has 0 unspecified atom stereocenters. The molecule has 1 N–H and O–H groups in total. The number of ether oxygens (including phenoxy) is 2. The molecule has 0 bridgehead atoms. The van der Waals surface area contributed by atoms with E-state index in [9.17, 15) is 4.79 Å². The fraction of sp³-hybridized carbons (Fsp3) is 0.235. The molecule has 1 amide bonds. The summed E-state index contributed by atoms with van der Waals surface area (Å²) in [6, 6.07) is 12.9. The van der Waals surface area contributed by atoms with E-state index in [4.69, 9.17) is 9.47 Å². The van der Waals surface area contributed by atoms with E-state index in [0.717, 1.165) is 17.7 Å². The fourth-order valence-electron chi connectivity index (χ4n) is 2.14. The molecule has 4 nitrogen and oxygen atoms in total. The fourth-order valence-corrected chi connectivity index (χ4v) is 2.14. The van der Waals surface area contributed by atoms with E-state index >= 15 is 0 Å². The lowest BCUT2D eigenvalue weighted by Crippen LogP contribution is -2.14. The molecule has 2 aromatic carbocycles. The summed E-state index contributed by atoms with van der Waals surface area (Å²) < 4.78 is 10.5. The predicted molar refractivity (Wildman–Crippen MR) is 83.3 cm³/mol. The summed E-state index contributed by atoms with van der Waals surface area (Å²) >= 11 is 0. The third kappa shape index (κ3) is 3.34. The maximum absolute atomic E-state index is 12.5. The van der Waals surface area contributed by atoms with Crippen molar-refractivity contribution < 1.29 is 14.3 Å². The summed E-state index contributed by atoms with van der Waals surface area (Å²) in [5.41, 5.74) is 2.28. The molecule has 0 spiro atoms. The quantitative estimate of drug-likeness (QED) is 0.914. The standard InChI is InChI=1S/C17H19NO3/c1-4-12-10-15(20-2)16(21-3)11-14(12)17(19)18-13-8-6-5-7-9-13/h5-11H,4H2,1-3H3,(H,18,19). The van der Waals surface area contributed by atoms with Gasteiger partial charge in [-0.05, 0) is 36.2 Å². The maximum Gasteiger partial charge on any atom is 0.256 e. The number of anilines is 1. The van der Waals surface area contributed by atoms with Crippen LogP contribution in [0.4, 0.5) is 5.69 Å². The van der Waals surface area contributed by atoms with Gasteiger partial charge in [0.1, 0.15) is 0 Å². The van der Waals surface area contributed by atoms with Crippen molar-refractivity contribution in [2.75, 3.05) is 19.5 Å². The lowest BCUT2D eigenvalue weighted by molar-refractivity contribution is 0.102. The highest BCUT2D eigenvalue weighted by Gasteiger charge is 2.16. The van der Waals surface area contributed by atoms with Crippen molar-refractivity contribution >= 4 is 11.6 Å².